The van der Waals surface area contributed by atoms with Crippen LogP contribution in [0.15, 0.2) is 11.2 Å². The van der Waals surface area contributed by atoms with Crippen molar-refractivity contribution < 1.29 is 0 Å². The van der Waals surface area contributed by atoms with Gasteiger partial charge in [-0.05, 0) is 79.6 Å². The molecule has 20 heavy (non-hydrogen) atoms. The Morgan fingerprint density at radius 2 is 1.25 bits per heavy atom. The minimum atomic E-state index is 0.986. The van der Waals surface area contributed by atoms with E-state index in [1.807, 2.05) is 11.2 Å². The van der Waals surface area contributed by atoms with Gasteiger partial charge in [0.15, 0.2) is 6.71 Å². The third-order valence-corrected chi connectivity index (χ3v) is 7.90. The molecule has 0 aromatic rings. The molecule has 6 heterocycles. The maximum atomic E-state index is 2.94. The van der Waals surface area contributed by atoms with E-state index in [-0.39, 0.29) is 0 Å². The van der Waals surface area contributed by atoms with Crippen molar-refractivity contribution in [1.29, 1.82) is 0 Å². The van der Waals surface area contributed by atoms with Gasteiger partial charge in [-0.3, -0.25) is 0 Å². The van der Waals surface area contributed by atoms with Gasteiger partial charge >= 0.3 is 0 Å². The summed E-state index contributed by atoms with van der Waals surface area (Å²) in [5, 5.41) is 0. The summed E-state index contributed by atoms with van der Waals surface area (Å²) < 4.78 is 0. The molecule has 8 aliphatic rings. The number of rotatable bonds is 0. The Morgan fingerprint density at radius 3 is 1.90 bits per heavy atom. The molecular weight excluding hydrogens is 241 g/mol. The summed E-state index contributed by atoms with van der Waals surface area (Å²) in [4.78, 5) is 2.94. The molecule has 1 nitrogen and oxygen atoms in total. The van der Waals surface area contributed by atoms with Gasteiger partial charge in [-0.15, -0.1) is 0 Å². The Kier molecular flexibility index (Phi) is 2.06. The second-order valence-electron chi connectivity index (χ2n) is 9.19. The number of hydrogen-bond donors (Lipinski definition) is 0. The lowest BCUT2D eigenvalue weighted by Crippen LogP contribution is -2.45. The third kappa shape index (κ3) is 1.37. The van der Waals surface area contributed by atoms with Crippen LogP contribution in [0.5, 0.6) is 0 Å². The quantitative estimate of drug-likeness (QED) is 0.605. The Hall–Kier alpha value is -0.395. The van der Waals surface area contributed by atoms with E-state index < -0.39 is 0 Å². The van der Waals surface area contributed by atoms with Crippen LogP contribution in [0.25, 0.3) is 0 Å². The summed E-state index contributed by atoms with van der Waals surface area (Å²) in [6.07, 6.45) is 12.5. The van der Waals surface area contributed by atoms with E-state index in [4.69, 9.17) is 0 Å². The van der Waals surface area contributed by atoms with Crippen molar-refractivity contribution in [2.24, 2.45) is 35.5 Å². The zero-order valence-electron chi connectivity index (χ0n) is 12.6. The van der Waals surface area contributed by atoms with Gasteiger partial charge in [-0.1, -0.05) is 18.2 Å². The largest absolute Gasteiger partial charge is 0.382 e. The smallest absolute Gasteiger partial charge is 0.197 e. The molecule has 8 bridgehead atoms. The number of allylic oxidation sites excluding steroid dienone is 1. The van der Waals surface area contributed by atoms with Gasteiger partial charge in [0.1, 0.15) is 0 Å². The van der Waals surface area contributed by atoms with E-state index in [1.165, 1.54) is 13.1 Å². The van der Waals surface area contributed by atoms with Gasteiger partial charge in [0.05, 0.1) is 0 Å². The first-order chi connectivity index (χ1) is 9.83. The molecule has 0 amide bonds. The van der Waals surface area contributed by atoms with Gasteiger partial charge in [0.25, 0.3) is 0 Å². The molecule has 2 saturated heterocycles. The maximum Gasteiger partial charge on any atom is 0.197 e. The molecule has 0 N–H and O–H groups in total. The lowest BCUT2D eigenvalue weighted by molar-refractivity contribution is 0.106. The Morgan fingerprint density at radius 1 is 0.700 bits per heavy atom. The summed E-state index contributed by atoms with van der Waals surface area (Å²) in [6.45, 7) is 3.86. The molecule has 6 aliphatic heterocycles. The van der Waals surface area contributed by atoms with Crippen LogP contribution >= 0.6 is 0 Å². The van der Waals surface area contributed by atoms with Gasteiger partial charge in [0.2, 0.25) is 0 Å². The molecule has 8 rings (SSSR count). The lowest BCUT2D eigenvalue weighted by Gasteiger charge is -2.45. The molecule has 0 aromatic heterocycles. The summed E-state index contributed by atoms with van der Waals surface area (Å²) in [5.74, 6) is 6.33. The fourth-order valence-corrected chi connectivity index (χ4v) is 7.77. The van der Waals surface area contributed by atoms with Gasteiger partial charge in [-0.2, -0.15) is 0 Å². The van der Waals surface area contributed by atoms with Crippen molar-refractivity contribution in [3.05, 3.63) is 11.2 Å². The monoisotopic (exact) mass is 267 g/mol. The summed E-state index contributed by atoms with van der Waals surface area (Å²) in [7, 11) is 0. The number of nitrogens with zero attached hydrogens (tertiary/aromatic N) is 1. The summed E-state index contributed by atoms with van der Waals surface area (Å²) in [6, 6.07) is 0. The average molecular weight is 267 g/mol. The van der Waals surface area contributed by atoms with Crippen molar-refractivity contribution >= 4 is 6.71 Å². The molecule has 4 fully saturated rings. The highest BCUT2D eigenvalue weighted by molar-refractivity contribution is 6.67. The van der Waals surface area contributed by atoms with Crippen LogP contribution in [0.3, 0.4) is 0 Å². The molecule has 4 unspecified atom stereocenters. The highest BCUT2D eigenvalue weighted by atomic mass is 15.2. The first kappa shape index (κ1) is 11.2. The molecule has 0 spiro atoms. The van der Waals surface area contributed by atoms with E-state index in [0.29, 0.717) is 0 Å². The summed E-state index contributed by atoms with van der Waals surface area (Å²) in [5.41, 5.74) is 4.00. The van der Waals surface area contributed by atoms with Crippen LogP contribution in [0.2, 0.25) is 12.6 Å². The van der Waals surface area contributed by atoms with E-state index in [0.717, 1.165) is 42.2 Å². The fraction of sp³-hybridized carbons (Fsp3) is 0.889. The second-order valence-corrected chi connectivity index (χ2v) is 9.19. The van der Waals surface area contributed by atoms with Crippen molar-refractivity contribution in [2.75, 3.05) is 13.1 Å². The number of hydrogen-bond acceptors (Lipinski definition) is 1. The maximum absolute atomic E-state index is 2.94. The zero-order valence-corrected chi connectivity index (χ0v) is 12.6. The van der Waals surface area contributed by atoms with Crippen molar-refractivity contribution in [3.63, 3.8) is 0 Å². The van der Waals surface area contributed by atoms with Gasteiger partial charge < -0.3 is 4.90 Å². The van der Waals surface area contributed by atoms with E-state index in [9.17, 15) is 0 Å². The normalized spacial score (nSPS) is 51.6. The first-order valence-electron chi connectivity index (χ1n) is 9.32. The van der Waals surface area contributed by atoms with Crippen LogP contribution in [-0.2, 0) is 0 Å². The van der Waals surface area contributed by atoms with Crippen molar-refractivity contribution in [1.82, 2.24) is 4.90 Å². The van der Waals surface area contributed by atoms with Crippen LogP contribution in [0.1, 0.15) is 38.5 Å². The molecular formula is C18H26BN. The van der Waals surface area contributed by atoms with E-state index in [2.05, 4.69) is 4.90 Å². The zero-order chi connectivity index (χ0) is 12.8. The Labute approximate surface area is 123 Å². The Balaban J connectivity index is 1.53. The van der Waals surface area contributed by atoms with Crippen molar-refractivity contribution in [2.45, 2.75) is 51.2 Å². The molecule has 4 atom stereocenters. The lowest BCUT2D eigenvalue weighted by atomic mass is 9.35. The molecule has 0 radical (unpaired) electrons. The SMILES string of the molecule is C1B2CC3CC1CC(C3)C1=C2N2CC3CC(CC1C3)C2. The van der Waals surface area contributed by atoms with Crippen LogP contribution in [0.4, 0.5) is 0 Å². The van der Waals surface area contributed by atoms with Gasteiger partial charge in [-0.25, -0.2) is 0 Å². The van der Waals surface area contributed by atoms with E-state index in [1.54, 1.807) is 51.2 Å². The van der Waals surface area contributed by atoms with Crippen LogP contribution in [0, 0.1) is 35.5 Å². The van der Waals surface area contributed by atoms with Crippen LogP contribution < -0.4 is 0 Å². The number of piperidine rings is 1. The average Bonchev–Trinajstić information content (AvgIpc) is 2.69. The fourth-order valence-electron chi connectivity index (χ4n) is 7.77. The topological polar surface area (TPSA) is 3.24 Å². The predicted octanol–water partition coefficient (Wildman–Crippen LogP) is 3.70. The molecule has 2 saturated carbocycles. The minimum absolute atomic E-state index is 0.986. The molecule has 106 valence electrons. The molecule has 2 aliphatic carbocycles. The predicted molar refractivity (Wildman–Crippen MR) is 82.6 cm³/mol. The first-order valence-corrected chi connectivity index (χ1v) is 9.32. The van der Waals surface area contributed by atoms with E-state index >= 15 is 0 Å². The highest BCUT2D eigenvalue weighted by Gasteiger charge is 2.51. The standard InChI is InChI=1S/C18H26BN/c1-11-3-15-4-12(1)8-19(7-11)18-17(15)16-5-13-2-14(6-16)10-20(18)9-13/h11-16H,1-10H2. The molecule has 0 aromatic carbocycles. The minimum Gasteiger partial charge on any atom is -0.382 e. The van der Waals surface area contributed by atoms with Crippen LogP contribution in [-0.4, -0.2) is 24.7 Å². The Bertz CT molecular complexity index is 390. The van der Waals surface area contributed by atoms with Crippen molar-refractivity contribution in [3.8, 4) is 0 Å². The van der Waals surface area contributed by atoms with Gasteiger partial charge in [0, 0.05) is 13.1 Å². The summed E-state index contributed by atoms with van der Waals surface area (Å²) >= 11 is 0. The second kappa shape index (κ2) is 3.68. The molecule has 2 heteroatoms. The highest BCUT2D eigenvalue weighted by Crippen LogP contribution is 2.58. The third-order valence-electron chi connectivity index (χ3n) is 7.90.